The average Bonchev–Trinajstić information content (AvgIpc) is 3.39. The third kappa shape index (κ3) is 4.78. The van der Waals surface area contributed by atoms with Crippen molar-refractivity contribution < 1.29 is 31.1 Å². The first kappa shape index (κ1) is 19.2. The summed E-state index contributed by atoms with van der Waals surface area (Å²) in [5.41, 5.74) is -2.20. The number of hydrogen-bond donors (Lipinski definition) is 0. The fourth-order valence-electron chi connectivity index (χ4n) is 2.53. The van der Waals surface area contributed by atoms with E-state index in [9.17, 15) is 31.1 Å². The lowest BCUT2D eigenvalue weighted by Gasteiger charge is -2.12. The van der Waals surface area contributed by atoms with Crippen molar-refractivity contribution >= 4 is 5.91 Å². The summed E-state index contributed by atoms with van der Waals surface area (Å²) >= 11 is 0. The van der Waals surface area contributed by atoms with Gasteiger partial charge in [0.05, 0.1) is 11.1 Å². The molecule has 1 aromatic heterocycles. The largest absolute Gasteiger partial charge is 0.417 e. The second-order valence-corrected chi connectivity index (χ2v) is 6.36. The summed E-state index contributed by atoms with van der Waals surface area (Å²) in [5.74, 6) is -0.749. The molecule has 27 heavy (non-hydrogen) atoms. The molecule has 1 amide bonds. The van der Waals surface area contributed by atoms with Crippen molar-refractivity contribution in [3.8, 4) is 0 Å². The molecule has 1 saturated carbocycles. The van der Waals surface area contributed by atoms with E-state index >= 15 is 0 Å². The number of benzene rings is 1. The second kappa shape index (κ2) is 6.86. The molecule has 0 saturated heterocycles. The predicted molar refractivity (Wildman–Crippen MR) is 83.5 cm³/mol. The summed E-state index contributed by atoms with van der Waals surface area (Å²) in [6.07, 6.45) is -6.56. The molecule has 1 heterocycles. The van der Waals surface area contributed by atoms with Crippen LogP contribution in [0.5, 0.6) is 0 Å². The standard InChI is InChI=1S/C18H14F6N2O/c19-17(20,21)13-3-1-2-12(8-13)16(27)25-15-7-6-14(18(22,23)24)10-26(15)9-11-4-5-11/h1-3,6-8,10-11H,4-5,9H2. The minimum absolute atomic E-state index is 0.0303. The number of carbonyl (C=O) groups excluding carboxylic acids is 1. The lowest BCUT2D eigenvalue weighted by atomic mass is 10.1. The number of amides is 1. The van der Waals surface area contributed by atoms with Crippen LogP contribution >= 0.6 is 0 Å². The van der Waals surface area contributed by atoms with Crippen LogP contribution in [0.3, 0.4) is 0 Å². The Hall–Kier alpha value is -2.58. The number of rotatable bonds is 3. The number of nitrogens with zero attached hydrogens (tertiary/aromatic N) is 2. The molecule has 1 aliphatic rings. The smallest absolute Gasteiger partial charge is 0.332 e. The molecular formula is C18H14F6N2O. The number of aromatic nitrogens is 1. The predicted octanol–water partition coefficient (Wildman–Crippen LogP) is 4.68. The van der Waals surface area contributed by atoms with Crippen LogP contribution in [0.15, 0.2) is 47.6 Å². The highest BCUT2D eigenvalue weighted by Gasteiger charge is 2.32. The van der Waals surface area contributed by atoms with Crippen LogP contribution < -0.4 is 5.49 Å². The van der Waals surface area contributed by atoms with E-state index in [2.05, 4.69) is 4.99 Å². The molecule has 144 valence electrons. The van der Waals surface area contributed by atoms with Gasteiger partial charge < -0.3 is 4.57 Å². The maximum atomic E-state index is 12.9. The molecule has 0 bridgehead atoms. The molecule has 0 N–H and O–H groups in total. The van der Waals surface area contributed by atoms with Crippen molar-refractivity contribution in [2.24, 2.45) is 10.9 Å². The van der Waals surface area contributed by atoms with Crippen LogP contribution in [0.4, 0.5) is 26.3 Å². The van der Waals surface area contributed by atoms with Crippen molar-refractivity contribution in [2.45, 2.75) is 31.7 Å². The average molecular weight is 388 g/mol. The van der Waals surface area contributed by atoms with Gasteiger partial charge in [0.15, 0.2) is 0 Å². The van der Waals surface area contributed by atoms with E-state index in [0.29, 0.717) is 6.07 Å². The molecule has 3 nitrogen and oxygen atoms in total. The van der Waals surface area contributed by atoms with E-state index in [4.69, 9.17) is 0 Å². The van der Waals surface area contributed by atoms with Crippen molar-refractivity contribution in [2.75, 3.05) is 0 Å². The minimum atomic E-state index is -4.61. The fraction of sp³-hybridized carbons (Fsp3) is 0.333. The topological polar surface area (TPSA) is 34.4 Å². The normalized spacial score (nSPS) is 15.9. The Labute approximate surface area is 150 Å². The second-order valence-electron chi connectivity index (χ2n) is 6.36. The molecular weight excluding hydrogens is 374 g/mol. The highest BCUT2D eigenvalue weighted by atomic mass is 19.4. The SMILES string of the molecule is O=C(N=c1ccc(C(F)(F)F)cn1CC1CC1)c1cccc(C(F)(F)F)c1. The van der Waals surface area contributed by atoms with Gasteiger partial charge in [-0.15, -0.1) is 0 Å². The Morgan fingerprint density at radius 3 is 2.26 bits per heavy atom. The summed E-state index contributed by atoms with van der Waals surface area (Å²) in [7, 11) is 0. The zero-order valence-electron chi connectivity index (χ0n) is 13.8. The molecule has 0 unspecified atom stereocenters. The maximum Gasteiger partial charge on any atom is 0.417 e. The first-order chi connectivity index (χ1) is 12.5. The van der Waals surface area contributed by atoms with Crippen LogP contribution in [-0.2, 0) is 18.9 Å². The van der Waals surface area contributed by atoms with Gasteiger partial charge in [-0.25, -0.2) is 0 Å². The molecule has 1 aromatic carbocycles. The van der Waals surface area contributed by atoms with Crippen molar-refractivity contribution in [3.63, 3.8) is 0 Å². The molecule has 0 atom stereocenters. The highest BCUT2D eigenvalue weighted by Crippen LogP contribution is 2.32. The molecule has 0 radical (unpaired) electrons. The first-order valence-electron chi connectivity index (χ1n) is 8.08. The van der Waals surface area contributed by atoms with E-state index in [0.717, 1.165) is 43.3 Å². The van der Waals surface area contributed by atoms with Crippen LogP contribution in [0.2, 0.25) is 0 Å². The number of pyridine rings is 1. The Kier molecular flexibility index (Phi) is 4.88. The van der Waals surface area contributed by atoms with Gasteiger partial charge in [-0.3, -0.25) is 4.79 Å². The van der Waals surface area contributed by atoms with E-state index < -0.39 is 29.4 Å². The summed E-state index contributed by atoms with van der Waals surface area (Å²) < 4.78 is 78.3. The van der Waals surface area contributed by atoms with E-state index in [1.54, 1.807) is 0 Å². The highest BCUT2D eigenvalue weighted by molar-refractivity contribution is 5.95. The van der Waals surface area contributed by atoms with E-state index in [1.165, 1.54) is 10.6 Å². The van der Waals surface area contributed by atoms with Gasteiger partial charge in [-0.1, -0.05) is 6.07 Å². The van der Waals surface area contributed by atoms with Crippen molar-refractivity contribution in [1.82, 2.24) is 4.57 Å². The van der Waals surface area contributed by atoms with Gasteiger partial charge in [0.25, 0.3) is 5.91 Å². The Balaban J connectivity index is 1.99. The van der Waals surface area contributed by atoms with Crippen LogP contribution in [0.25, 0.3) is 0 Å². The zero-order chi connectivity index (χ0) is 19.8. The maximum absolute atomic E-state index is 12.9. The van der Waals surface area contributed by atoms with E-state index in [-0.39, 0.29) is 23.5 Å². The lowest BCUT2D eigenvalue weighted by molar-refractivity contribution is -0.138. The van der Waals surface area contributed by atoms with Gasteiger partial charge in [-0.2, -0.15) is 31.3 Å². The molecule has 1 fully saturated rings. The van der Waals surface area contributed by atoms with Gasteiger partial charge in [0, 0.05) is 18.3 Å². The lowest BCUT2D eigenvalue weighted by Crippen LogP contribution is -2.25. The quantitative estimate of drug-likeness (QED) is 0.704. The summed E-state index contributed by atoms with van der Waals surface area (Å²) in [5, 5.41) is 0. The fourth-order valence-corrected chi connectivity index (χ4v) is 2.53. The van der Waals surface area contributed by atoms with Gasteiger partial charge in [0.1, 0.15) is 5.49 Å². The van der Waals surface area contributed by atoms with Crippen LogP contribution in [-0.4, -0.2) is 10.5 Å². The Morgan fingerprint density at radius 1 is 1.00 bits per heavy atom. The van der Waals surface area contributed by atoms with Gasteiger partial charge in [-0.05, 0) is 49.1 Å². The van der Waals surface area contributed by atoms with Crippen LogP contribution in [0.1, 0.15) is 34.3 Å². The van der Waals surface area contributed by atoms with Gasteiger partial charge in [0.2, 0.25) is 0 Å². The Bertz CT molecular complexity index is 922. The molecule has 0 spiro atoms. The summed E-state index contributed by atoms with van der Waals surface area (Å²) in [6.45, 7) is 0.263. The molecule has 3 rings (SSSR count). The first-order valence-corrected chi connectivity index (χ1v) is 8.08. The molecule has 2 aromatic rings. The number of hydrogen-bond acceptors (Lipinski definition) is 1. The third-order valence-corrected chi connectivity index (χ3v) is 4.13. The van der Waals surface area contributed by atoms with Crippen molar-refractivity contribution in [1.29, 1.82) is 0 Å². The van der Waals surface area contributed by atoms with Crippen LogP contribution in [0, 0.1) is 5.92 Å². The summed E-state index contributed by atoms with van der Waals surface area (Å²) in [4.78, 5) is 16.0. The zero-order valence-corrected chi connectivity index (χ0v) is 13.8. The third-order valence-electron chi connectivity index (χ3n) is 4.13. The summed E-state index contributed by atoms with van der Waals surface area (Å²) in [6, 6.07) is 5.59. The van der Waals surface area contributed by atoms with Crippen molar-refractivity contribution in [3.05, 3.63) is 64.8 Å². The number of halogens is 6. The van der Waals surface area contributed by atoms with Gasteiger partial charge >= 0.3 is 12.4 Å². The number of carbonyl (C=O) groups is 1. The molecule has 1 aliphatic carbocycles. The van der Waals surface area contributed by atoms with E-state index in [1.807, 2.05) is 0 Å². The molecule has 9 heteroatoms. The Morgan fingerprint density at radius 2 is 1.67 bits per heavy atom. The molecule has 0 aliphatic heterocycles. The monoisotopic (exact) mass is 388 g/mol. The minimum Gasteiger partial charge on any atom is -0.332 e. The number of alkyl halides is 6.